The molecule has 6 amide bonds. The second-order valence-electron chi connectivity index (χ2n) is 11.2. The molecular formula is C30H49N5O11S3. The van der Waals surface area contributed by atoms with Crippen LogP contribution in [0.5, 0.6) is 0 Å². The molecule has 278 valence electrons. The number of carbonyl (C=O) groups excluding carboxylic acids is 6. The highest BCUT2D eigenvalue weighted by molar-refractivity contribution is 8.76. The van der Waals surface area contributed by atoms with Crippen molar-refractivity contribution in [1.82, 2.24) is 26.3 Å². The van der Waals surface area contributed by atoms with Crippen molar-refractivity contribution in [1.29, 1.82) is 0 Å². The summed E-state index contributed by atoms with van der Waals surface area (Å²) in [5.74, 6) is 0.344. The molecule has 3 atom stereocenters. The Balaban J connectivity index is 0.968. The van der Waals surface area contributed by atoms with Crippen LogP contribution in [0.1, 0.15) is 51.4 Å². The predicted molar refractivity (Wildman–Crippen MR) is 185 cm³/mol. The van der Waals surface area contributed by atoms with Crippen molar-refractivity contribution in [3.8, 4) is 0 Å². The minimum absolute atomic E-state index is 0.0222. The third-order valence-electron chi connectivity index (χ3n) is 7.42. The molecule has 0 aromatic rings. The van der Waals surface area contributed by atoms with E-state index in [9.17, 15) is 28.8 Å². The second kappa shape index (κ2) is 24.8. The van der Waals surface area contributed by atoms with Crippen molar-refractivity contribution in [3.05, 3.63) is 0 Å². The Hall–Kier alpha value is -2.29. The fourth-order valence-electron chi connectivity index (χ4n) is 4.92. The molecule has 3 rings (SSSR count). The van der Waals surface area contributed by atoms with E-state index in [1.807, 2.05) is 11.8 Å². The van der Waals surface area contributed by atoms with Crippen LogP contribution < -0.4 is 21.3 Å². The van der Waals surface area contributed by atoms with Gasteiger partial charge in [0, 0.05) is 61.3 Å². The van der Waals surface area contributed by atoms with Gasteiger partial charge in [-0.2, -0.15) is 11.8 Å². The van der Waals surface area contributed by atoms with Gasteiger partial charge >= 0.3 is 12.0 Å². The molecule has 0 unspecified atom stereocenters. The number of thioether (sulfide) groups is 1. The molecule has 0 aromatic heterocycles. The lowest BCUT2D eigenvalue weighted by Crippen LogP contribution is -2.36. The van der Waals surface area contributed by atoms with Crippen molar-refractivity contribution >= 4 is 69.0 Å². The highest BCUT2D eigenvalue weighted by Crippen LogP contribution is 2.33. The first-order valence-electron chi connectivity index (χ1n) is 16.7. The van der Waals surface area contributed by atoms with Crippen LogP contribution in [0.25, 0.3) is 0 Å². The van der Waals surface area contributed by atoms with Gasteiger partial charge in [-0.15, -0.1) is 5.06 Å². The molecule has 49 heavy (non-hydrogen) atoms. The lowest BCUT2D eigenvalue weighted by atomic mass is 10.0. The molecular weight excluding hydrogens is 703 g/mol. The topological polar surface area (TPSA) is 200 Å². The first kappa shape index (κ1) is 41.1. The summed E-state index contributed by atoms with van der Waals surface area (Å²) in [6.07, 6.45) is 3.71. The van der Waals surface area contributed by atoms with E-state index >= 15 is 0 Å². The summed E-state index contributed by atoms with van der Waals surface area (Å²) in [6.45, 7) is 4.10. The molecule has 3 fully saturated rings. The van der Waals surface area contributed by atoms with Crippen LogP contribution in [0.4, 0.5) is 4.79 Å². The Morgan fingerprint density at radius 1 is 0.735 bits per heavy atom. The molecule has 0 aromatic carbocycles. The first-order valence-corrected chi connectivity index (χ1v) is 20.2. The van der Waals surface area contributed by atoms with E-state index in [0.29, 0.717) is 87.6 Å². The predicted octanol–water partition coefficient (Wildman–Crippen LogP) is 0.780. The summed E-state index contributed by atoms with van der Waals surface area (Å²) >= 11 is 1.89. The number of nitrogens with one attached hydrogen (secondary N) is 4. The van der Waals surface area contributed by atoms with Gasteiger partial charge in [0.2, 0.25) is 11.8 Å². The summed E-state index contributed by atoms with van der Waals surface area (Å²) < 4.78 is 21.8. The summed E-state index contributed by atoms with van der Waals surface area (Å²) in [7, 11) is 2.94. The standard InChI is InChI=1S/C30H49N5O11S3/c36-24(4-2-1-3-23-29-22(21-47-23)33-30(41)34-29)31-9-12-43-14-16-45-18-17-44-15-13-42-11-7-25(37)32-10-20-49-48-19-8-28(40)46-35-26(38)5-6-27(35)39/h22-23,29H,1-21H2,(H,31,36)(H,32,37)(H2,33,34,41)/t22-,23+,29-/m1/s1. The summed E-state index contributed by atoms with van der Waals surface area (Å²) in [5.41, 5.74) is 0. The zero-order chi connectivity index (χ0) is 35.1. The van der Waals surface area contributed by atoms with Gasteiger partial charge in [-0.25, -0.2) is 9.59 Å². The number of ether oxygens (including phenoxy) is 4. The van der Waals surface area contributed by atoms with Crippen molar-refractivity contribution < 1.29 is 52.6 Å². The first-order chi connectivity index (χ1) is 23.8. The third-order valence-corrected chi connectivity index (χ3v) is 11.3. The number of urea groups is 1. The fraction of sp³-hybridized carbons (Fsp3) is 0.800. The van der Waals surface area contributed by atoms with E-state index in [0.717, 1.165) is 25.0 Å². The number of rotatable bonds is 28. The van der Waals surface area contributed by atoms with E-state index in [1.165, 1.54) is 21.6 Å². The van der Waals surface area contributed by atoms with Crippen LogP contribution in [0.2, 0.25) is 0 Å². The maximum Gasteiger partial charge on any atom is 0.334 e. The lowest BCUT2D eigenvalue weighted by molar-refractivity contribution is -0.197. The normalized spacial score (nSPS) is 19.9. The Bertz CT molecular complexity index is 1060. The van der Waals surface area contributed by atoms with Crippen molar-refractivity contribution in [2.75, 3.05) is 83.2 Å². The molecule has 3 saturated heterocycles. The van der Waals surface area contributed by atoms with Gasteiger partial charge in [0.05, 0.1) is 71.4 Å². The van der Waals surface area contributed by atoms with E-state index in [-0.39, 0.29) is 62.2 Å². The molecule has 0 aliphatic carbocycles. The minimum Gasteiger partial charge on any atom is -0.379 e. The molecule has 0 bridgehead atoms. The van der Waals surface area contributed by atoms with Gasteiger partial charge in [0.1, 0.15) is 0 Å². The summed E-state index contributed by atoms with van der Waals surface area (Å²) in [4.78, 5) is 74.8. The smallest absolute Gasteiger partial charge is 0.334 e. The Morgan fingerprint density at radius 2 is 1.35 bits per heavy atom. The summed E-state index contributed by atoms with van der Waals surface area (Å²) in [6, 6.07) is 0.370. The number of hydrogen-bond donors (Lipinski definition) is 4. The zero-order valence-corrected chi connectivity index (χ0v) is 30.2. The van der Waals surface area contributed by atoms with Gasteiger partial charge in [-0.05, 0) is 12.8 Å². The third kappa shape index (κ3) is 17.5. The average molecular weight is 752 g/mol. The van der Waals surface area contributed by atoms with Crippen LogP contribution in [-0.4, -0.2) is 141 Å². The van der Waals surface area contributed by atoms with Gasteiger partial charge in [-0.1, -0.05) is 28.0 Å². The van der Waals surface area contributed by atoms with Crippen LogP contribution in [0, 0.1) is 0 Å². The van der Waals surface area contributed by atoms with Crippen molar-refractivity contribution in [3.63, 3.8) is 0 Å². The number of imide groups is 1. The number of hydroxylamine groups is 2. The number of hydrogen-bond acceptors (Lipinski definition) is 14. The van der Waals surface area contributed by atoms with Crippen LogP contribution in [-0.2, 0) is 47.8 Å². The maximum atomic E-state index is 12.0. The number of carbonyl (C=O) groups is 6. The monoisotopic (exact) mass is 751 g/mol. The Labute approximate surface area is 299 Å². The highest BCUT2D eigenvalue weighted by atomic mass is 33.1. The zero-order valence-electron chi connectivity index (χ0n) is 27.7. The molecule has 19 heteroatoms. The Morgan fingerprint density at radius 3 is 2.06 bits per heavy atom. The molecule has 3 aliphatic heterocycles. The van der Waals surface area contributed by atoms with E-state index < -0.39 is 17.8 Å². The molecule has 0 saturated carbocycles. The molecule has 3 aliphatic rings. The number of unbranched alkanes of at least 4 members (excludes halogenated alkanes) is 1. The van der Waals surface area contributed by atoms with Crippen molar-refractivity contribution in [2.45, 2.75) is 68.7 Å². The number of fused-ring (bicyclic) bond motifs is 1. The quantitative estimate of drug-likeness (QED) is 0.0379. The fourth-order valence-corrected chi connectivity index (χ4v) is 8.34. The second-order valence-corrected chi connectivity index (χ2v) is 15.2. The van der Waals surface area contributed by atoms with E-state index in [4.69, 9.17) is 23.8 Å². The van der Waals surface area contributed by atoms with Gasteiger partial charge in [0.25, 0.3) is 11.8 Å². The van der Waals surface area contributed by atoms with Crippen LogP contribution in [0.3, 0.4) is 0 Å². The van der Waals surface area contributed by atoms with Gasteiger partial charge in [0.15, 0.2) is 0 Å². The summed E-state index contributed by atoms with van der Waals surface area (Å²) in [5, 5.41) is 12.6. The van der Waals surface area contributed by atoms with Crippen molar-refractivity contribution in [2.24, 2.45) is 0 Å². The number of amides is 6. The molecule has 0 spiro atoms. The molecule has 4 N–H and O–H groups in total. The largest absolute Gasteiger partial charge is 0.379 e. The minimum atomic E-state index is -0.627. The average Bonchev–Trinajstić information content (AvgIpc) is 3.74. The lowest BCUT2D eigenvalue weighted by Gasteiger charge is -2.16. The van der Waals surface area contributed by atoms with Crippen LogP contribution >= 0.6 is 33.3 Å². The Kier molecular flexibility index (Phi) is 20.8. The van der Waals surface area contributed by atoms with Gasteiger partial charge in [-0.3, -0.25) is 19.2 Å². The highest BCUT2D eigenvalue weighted by Gasteiger charge is 2.42. The van der Waals surface area contributed by atoms with E-state index in [2.05, 4.69) is 21.3 Å². The molecule has 0 radical (unpaired) electrons. The van der Waals surface area contributed by atoms with Gasteiger partial charge < -0.3 is 45.1 Å². The maximum absolute atomic E-state index is 12.0. The van der Waals surface area contributed by atoms with Crippen LogP contribution in [0.15, 0.2) is 0 Å². The molecule has 3 heterocycles. The molecule has 16 nitrogen and oxygen atoms in total. The SMILES string of the molecule is O=C(CCCC[C@@H]1SC[C@H]2NC(=O)N[C@@H]12)NCCOCCOCCOCCOCCC(=O)NCCSSCCC(=O)ON1C(=O)CCC1=O. The van der Waals surface area contributed by atoms with E-state index in [1.54, 1.807) is 0 Å². The number of nitrogens with zero attached hydrogens (tertiary/aromatic N) is 1.